The molecule has 28 heavy (non-hydrogen) atoms. The molecule has 2 N–H and O–H groups in total. The van der Waals surface area contributed by atoms with E-state index in [2.05, 4.69) is 10.3 Å². The molecule has 144 valence electrons. The Morgan fingerprint density at radius 1 is 1.04 bits per heavy atom. The lowest BCUT2D eigenvalue weighted by Crippen LogP contribution is -2.28. The molecule has 1 heterocycles. The Morgan fingerprint density at radius 2 is 1.71 bits per heavy atom. The number of ether oxygens (including phenoxy) is 1. The molecular weight excluding hydrogens is 352 g/mol. The molecule has 1 aromatic heterocycles. The number of aromatic nitrogens is 1. The molecule has 5 nitrogen and oxygen atoms in total. The Kier molecular flexibility index (Phi) is 6.19. The Balaban J connectivity index is 1.82. The van der Waals surface area contributed by atoms with Crippen molar-refractivity contribution in [2.24, 2.45) is 0 Å². The number of ketones is 1. The number of aliphatic hydroxyl groups is 1. The van der Waals surface area contributed by atoms with Crippen LogP contribution in [-0.4, -0.2) is 22.1 Å². The first-order chi connectivity index (χ1) is 13.4. The summed E-state index contributed by atoms with van der Waals surface area (Å²) < 4.78 is 5.84. The van der Waals surface area contributed by atoms with E-state index < -0.39 is 6.23 Å². The maximum atomic E-state index is 13.0. The van der Waals surface area contributed by atoms with Crippen LogP contribution < -0.4 is 10.1 Å². The monoisotopic (exact) mass is 376 g/mol. The predicted molar refractivity (Wildman–Crippen MR) is 109 cm³/mol. The van der Waals surface area contributed by atoms with Gasteiger partial charge in [0.05, 0.1) is 5.56 Å². The normalized spacial score (nSPS) is 13.0. The standard InChI is InChI=1S/C23H24N2O3/c1-15-6-12-20(13-7-15)28-23-21(5-4-14-24-23)22(27)19-10-8-18(9-11-19)16(2)25-17(3)26/h4-14,16-17,25-26H,1-3H3/t16-,17?/m0/s1. The molecule has 1 unspecified atom stereocenters. The van der Waals surface area contributed by atoms with Crippen molar-refractivity contribution in [1.82, 2.24) is 10.3 Å². The Morgan fingerprint density at radius 3 is 2.36 bits per heavy atom. The van der Waals surface area contributed by atoms with Crippen LogP contribution in [0.15, 0.2) is 66.9 Å². The second kappa shape index (κ2) is 8.78. The number of nitrogens with one attached hydrogen (secondary N) is 1. The summed E-state index contributed by atoms with van der Waals surface area (Å²) in [5.74, 6) is 0.759. The molecule has 0 bridgehead atoms. The number of aryl methyl sites for hydroxylation is 1. The highest BCUT2D eigenvalue weighted by atomic mass is 16.5. The minimum absolute atomic E-state index is 0.0250. The summed E-state index contributed by atoms with van der Waals surface area (Å²) >= 11 is 0. The van der Waals surface area contributed by atoms with Crippen molar-refractivity contribution in [1.29, 1.82) is 0 Å². The fraction of sp³-hybridized carbons (Fsp3) is 0.217. The fourth-order valence-corrected chi connectivity index (χ4v) is 2.90. The molecule has 0 amide bonds. The van der Waals surface area contributed by atoms with Gasteiger partial charge in [0.25, 0.3) is 0 Å². The van der Waals surface area contributed by atoms with Crippen LogP contribution in [-0.2, 0) is 0 Å². The van der Waals surface area contributed by atoms with Gasteiger partial charge in [-0.05, 0) is 50.6 Å². The van der Waals surface area contributed by atoms with E-state index in [9.17, 15) is 9.90 Å². The highest BCUT2D eigenvalue weighted by Crippen LogP contribution is 2.25. The maximum Gasteiger partial charge on any atom is 0.230 e. The van der Waals surface area contributed by atoms with Gasteiger partial charge >= 0.3 is 0 Å². The minimum Gasteiger partial charge on any atom is -0.438 e. The van der Waals surface area contributed by atoms with Crippen LogP contribution in [0.5, 0.6) is 11.6 Å². The van der Waals surface area contributed by atoms with Crippen molar-refractivity contribution in [3.63, 3.8) is 0 Å². The number of benzene rings is 2. The molecule has 0 spiro atoms. The zero-order chi connectivity index (χ0) is 20.1. The summed E-state index contributed by atoms with van der Waals surface area (Å²) in [5, 5.41) is 12.5. The average molecular weight is 376 g/mol. The van der Waals surface area contributed by atoms with Gasteiger partial charge in [0.2, 0.25) is 5.88 Å². The Bertz CT molecular complexity index is 935. The highest BCUT2D eigenvalue weighted by Gasteiger charge is 2.17. The van der Waals surface area contributed by atoms with Gasteiger partial charge in [-0.3, -0.25) is 10.1 Å². The smallest absolute Gasteiger partial charge is 0.230 e. The maximum absolute atomic E-state index is 13.0. The quantitative estimate of drug-likeness (QED) is 0.472. The van der Waals surface area contributed by atoms with Crippen LogP contribution >= 0.6 is 0 Å². The second-order valence-electron chi connectivity index (χ2n) is 6.79. The van der Waals surface area contributed by atoms with E-state index in [1.54, 1.807) is 37.4 Å². The largest absolute Gasteiger partial charge is 0.438 e. The van der Waals surface area contributed by atoms with E-state index in [0.29, 0.717) is 16.9 Å². The van der Waals surface area contributed by atoms with Crippen molar-refractivity contribution < 1.29 is 14.6 Å². The van der Waals surface area contributed by atoms with E-state index in [-0.39, 0.29) is 17.7 Å². The third kappa shape index (κ3) is 4.82. The third-order valence-electron chi connectivity index (χ3n) is 4.42. The van der Waals surface area contributed by atoms with Gasteiger partial charge < -0.3 is 9.84 Å². The summed E-state index contributed by atoms with van der Waals surface area (Å²) in [5.41, 5.74) is 3.07. The summed E-state index contributed by atoms with van der Waals surface area (Å²) in [7, 11) is 0. The summed E-state index contributed by atoms with van der Waals surface area (Å²) in [6, 6.07) is 18.3. The Hall–Kier alpha value is -3.02. The van der Waals surface area contributed by atoms with Crippen LogP contribution in [0, 0.1) is 6.92 Å². The molecule has 5 heteroatoms. The van der Waals surface area contributed by atoms with Crippen molar-refractivity contribution in [3.8, 4) is 11.6 Å². The summed E-state index contributed by atoms with van der Waals surface area (Å²) in [4.78, 5) is 17.2. The van der Waals surface area contributed by atoms with Crippen LogP contribution in [0.4, 0.5) is 0 Å². The summed E-state index contributed by atoms with van der Waals surface area (Å²) in [6.45, 7) is 5.63. The van der Waals surface area contributed by atoms with Crippen molar-refractivity contribution >= 4 is 5.78 Å². The number of nitrogens with zero attached hydrogens (tertiary/aromatic N) is 1. The van der Waals surface area contributed by atoms with E-state index in [1.807, 2.05) is 50.2 Å². The topological polar surface area (TPSA) is 71.5 Å². The first-order valence-corrected chi connectivity index (χ1v) is 9.22. The number of pyridine rings is 1. The van der Waals surface area contributed by atoms with Gasteiger partial charge in [0.1, 0.15) is 12.0 Å². The van der Waals surface area contributed by atoms with E-state index in [0.717, 1.165) is 11.1 Å². The number of hydrogen-bond donors (Lipinski definition) is 2. The molecule has 0 aliphatic carbocycles. The van der Waals surface area contributed by atoms with Gasteiger partial charge in [0.15, 0.2) is 5.78 Å². The van der Waals surface area contributed by atoms with Gasteiger partial charge in [-0.2, -0.15) is 0 Å². The zero-order valence-corrected chi connectivity index (χ0v) is 16.2. The van der Waals surface area contributed by atoms with Gasteiger partial charge in [-0.1, -0.05) is 42.0 Å². The lowest BCUT2D eigenvalue weighted by Gasteiger charge is -2.16. The molecule has 0 radical (unpaired) electrons. The van der Waals surface area contributed by atoms with Crippen molar-refractivity contribution in [2.45, 2.75) is 33.0 Å². The highest BCUT2D eigenvalue weighted by molar-refractivity contribution is 6.10. The zero-order valence-electron chi connectivity index (χ0n) is 16.2. The second-order valence-corrected chi connectivity index (χ2v) is 6.79. The molecule has 0 fully saturated rings. The lowest BCUT2D eigenvalue weighted by molar-refractivity contribution is 0.103. The van der Waals surface area contributed by atoms with Gasteiger partial charge in [-0.15, -0.1) is 0 Å². The van der Waals surface area contributed by atoms with Crippen molar-refractivity contribution in [2.75, 3.05) is 0 Å². The Labute approximate surface area is 165 Å². The minimum atomic E-state index is -0.604. The van der Waals surface area contributed by atoms with Crippen molar-refractivity contribution in [3.05, 3.63) is 89.1 Å². The first kappa shape index (κ1) is 19.7. The molecule has 2 aromatic carbocycles. The molecule has 0 saturated heterocycles. The van der Waals surface area contributed by atoms with E-state index in [4.69, 9.17) is 4.74 Å². The van der Waals surface area contributed by atoms with Crippen LogP contribution in [0.2, 0.25) is 0 Å². The number of carbonyl (C=O) groups excluding carboxylic acids is 1. The number of rotatable bonds is 7. The van der Waals surface area contributed by atoms with Crippen LogP contribution in [0.1, 0.15) is 46.9 Å². The predicted octanol–water partition coefficient (Wildman–Crippen LogP) is 4.40. The van der Waals surface area contributed by atoms with Crippen LogP contribution in [0.3, 0.4) is 0 Å². The number of carbonyl (C=O) groups is 1. The van der Waals surface area contributed by atoms with Crippen LogP contribution in [0.25, 0.3) is 0 Å². The SMILES string of the molecule is Cc1ccc(Oc2ncccc2C(=O)c2ccc([C@H](C)NC(C)O)cc2)cc1. The number of hydrogen-bond acceptors (Lipinski definition) is 5. The molecular formula is C23H24N2O3. The molecule has 2 atom stereocenters. The third-order valence-corrected chi connectivity index (χ3v) is 4.42. The summed E-state index contributed by atoms with van der Waals surface area (Å²) in [6.07, 6.45) is 1.00. The molecule has 0 aliphatic heterocycles. The number of aliphatic hydroxyl groups excluding tert-OH is 1. The molecule has 3 aromatic rings. The van der Waals surface area contributed by atoms with Gasteiger partial charge in [0, 0.05) is 17.8 Å². The molecule has 0 saturated carbocycles. The first-order valence-electron chi connectivity index (χ1n) is 9.22. The average Bonchev–Trinajstić information content (AvgIpc) is 2.69. The molecule has 0 aliphatic rings. The van der Waals surface area contributed by atoms with E-state index >= 15 is 0 Å². The molecule has 3 rings (SSSR count). The van der Waals surface area contributed by atoms with Gasteiger partial charge in [-0.25, -0.2) is 4.98 Å². The fourth-order valence-electron chi connectivity index (χ4n) is 2.90. The van der Waals surface area contributed by atoms with E-state index in [1.165, 1.54) is 0 Å². The lowest BCUT2D eigenvalue weighted by atomic mass is 10.0.